The van der Waals surface area contributed by atoms with Gasteiger partial charge in [0.2, 0.25) is 0 Å². The summed E-state index contributed by atoms with van der Waals surface area (Å²) in [6.45, 7) is 5.49. The van der Waals surface area contributed by atoms with Crippen molar-refractivity contribution in [1.82, 2.24) is 9.80 Å². The summed E-state index contributed by atoms with van der Waals surface area (Å²) in [5.41, 5.74) is 5.83. The molecular weight excluding hydrogens is 218 g/mol. The first-order chi connectivity index (χ1) is 8.35. The van der Waals surface area contributed by atoms with E-state index in [0.29, 0.717) is 6.54 Å². The fourth-order valence-electron chi connectivity index (χ4n) is 2.37. The van der Waals surface area contributed by atoms with Gasteiger partial charge in [0, 0.05) is 39.3 Å². The van der Waals surface area contributed by atoms with Crippen molar-refractivity contribution in [2.75, 3.05) is 45.9 Å². The molecule has 1 atom stereocenters. The van der Waals surface area contributed by atoms with E-state index in [-0.39, 0.29) is 12.6 Å². The number of β-amino-alcohol motifs (C(OH)–C–C–N with tert-alkyl or cyclic N) is 1. The van der Waals surface area contributed by atoms with Crippen molar-refractivity contribution in [3.8, 4) is 0 Å². The standard InChI is InChI=1S/C12H21N3O2/c13-10-11(12-2-1-9-17-12)15-5-3-14(4-6-15)7-8-16/h1-2,9,11,16H,3-8,10,13H2. The van der Waals surface area contributed by atoms with Gasteiger partial charge in [-0.15, -0.1) is 0 Å². The summed E-state index contributed by atoms with van der Waals surface area (Å²) in [5, 5.41) is 8.90. The summed E-state index contributed by atoms with van der Waals surface area (Å²) in [6, 6.07) is 4.07. The average Bonchev–Trinajstić information content (AvgIpc) is 2.86. The highest BCUT2D eigenvalue weighted by molar-refractivity contribution is 5.05. The number of nitrogens with two attached hydrogens (primary N) is 1. The number of hydrogen-bond acceptors (Lipinski definition) is 5. The van der Waals surface area contributed by atoms with Crippen LogP contribution in [0.1, 0.15) is 11.8 Å². The minimum Gasteiger partial charge on any atom is -0.468 e. The topological polar surface area (TPSA) is 65.9 Å². The Morgan fingerprint density at radius 1 is 1.35 bits per heavy atom. The molecule has 1 aliphatic heterocycles. The summed E-state index contributed by atoms with van der Waals surface area (Å²) in [6.07, 6.45) is 1.69. The van der Waals surface area contributed by atoms with Crippen LogP contribution in [0.15, 0.2) is 22.8 Å². The van der Waals surface area contributed by atoms with Crippen LogP contribution in [0.5, 0.6) is 0 Å². The van der Waals surface area contributed by atoms with Crippen LogP contribution < -0.4 is 5.73 Å². The molecule has 1 aromatic heterocycles. The summed E-state index contributed by atoms with van der Waals surface area (Å²) in [7, 11) is 0. The van der Waals surface area contributed by atoms with Crippen LogP contribution in [-0.4, -0.2) is 60.8 Å². The third-order valence-corrected chi connectivity index (χ3v) is 3.36. The van der Waals surface area contributed by atoms with Gasteiger partial charge in [0.05, 0.1) is 18.9 Å². The number of aliphatic hydroxyl groups excluding tert-OH is 1. The smallest absolute Gasteiger partial charge is 0.122 e. The second-order valence-corrected chi connectivity index (χ2v) is 4.37. The van der Waals surface area contributed by atoms with Gasteiger partial charge >= 0.3 is 0 Å². The molecule has 5 heteroatoms. The van der Waals surface area contributed by atoms with Gasteiger partial charge in [-0.3, -0.25) is 9.80 Å². The second-order valence-electron chi connectivity index (χ2n) is 4.37. The van der Waals surface area contributed by atoms with E-state index in [1.165, 1.54) is 0 Å². The van der Waals surface area contributed by atoms with E-state index in [1.807, 2.05) is 12.1 Å². The van der Waals surface area contributed by atoms with Crippen molar-refractivity contribution in [2.45, 2.75) is 6.04 Å². The molecule has 1 unspecified atom stereocenters. The maximum absolute atomic E-state index is 8.90. The van der Waals surface area contributed by atoms with E-state index in [0.717, 1.165) is 38.5 Å². The Bertz CT molecular complexity index is 308. The predicted molar refractivity (Wildman–Crippen MR) is 65.6 cm³/mol. The van der Waals surface area contributed by atoms with Gasteiger partial charge in [-0.1, -0.05) is 0 Å². The molecule has 1 aliphatic rings. The third-order valence-electron chi connectivity index (χ3n) is 3.36. The Hall–Kier alpha value is -0.880. The number of nitrogens with zero attached hydrogens (tertiary/aromatic N) is 2. The van der Waals surface area contributed by atoms with E-state index < -0.39 is 0 Å². The summed E-state index contributed by atoms with van der Waals surface area (Å²) in [5.74, 6) is 0.947. The fraction of sp³-hybridized carbons (Fsp3) is 0.667. The first-order valence-electron chi connectivity index (χ1n) is 6.16. The summed E-state index contributed by atoms with van der Waals surface area (Å²) < 4.78 is 5.44. The lowest BCUT2D eigenvalue weighted by Gasteiger charge is -2.37. The molecule has 5 nitrogen and oxygen atoms in total. The lowest BCUT2D eigenvalue weighted by atomic mass is 10.1. The van der Waals surface area contributed by atoms with Gasteiger partial charge in [-0.05, 0) is 12.1 Å². The Labute approximate surface area is 102 Å². The first kappa shape index (κ1) is 12.6. The Morgan fingerprint density at radius 2 is 2.12 bits per heavy atom. The molecule has 0 amide bonds. The predicted octanol–water partition coefficient (Wildman–Crippen LogP) is -0.111. The molecule has 1 saturated heterocycles. The largest absolute Gasteiger partial charge is 0.468 e. The van der Waals surface area contributed by atoms with Crippen molar-refractivity contribution in [1.29, 1.82) is 0 Å². The Balaban J connectivity index is 1.90. The van der Waals surface area contributed by atoms with Crippen molar-refractivity contribution in [2.24, 2.45) is 5.73 Å². The third kappa shape index (κ3) is 3.07. The molecule has 0 bridgehead atoms. The highest BCUT2D eigenvalue weighted by Gasteiger charge is 2.25. The molecule has 17 heavy (non-hydrogen) atoms. The molecule has 3 N–H and O–H groups in total. The van der Waals surface area contributed by atoms with Crippen molar-refractivity contribution < 1.29 is 9.52 Å². The quantitative estimate of drug-likeness (QED) is 0.750. The molecule has 2 heterocycles. The highest BCUT2D eigenvalue weighted by Crippen LogP contribution is 2.21. The molecular formula is C12H21N3O2. The van der Waals surface area contributed by atoms with Crippen LogP contribution in [0.25, 0.3) is 0 Å². The van der Waals surface area contributed by atoms with Crippen molar-refractivity contribution >= 4 is 0 Å². The number of rotatable bonds is 5. The second kappa shape index (κ2) is 6.16. The minimum absolute atomic E-state index is 0.182. The van der Waals surface area contributed by atoms with Crippen molar-refractivity contribution in [3.05, 3.63) is 24.2 Å². The summed E-state index contributed by atoms with van der Waals surface area (Å²) in [4.78, 5) is 4.62. The first-order valence-corrected chi connectivity index (χ1v) is 6.16. The van der Waals surface area contributed by atoms with Crippen LogP contribution in [-0.2, 0) is 0 Å². The molecule has 0 aliphatic carbocycles. The molecule has 0 saturated carbocycles. The van der Waals surface area contributed by atoms with E-state index >= 15 is 0 Å². The lowest BCUT2D eigenvalue weighted by Crippen LogP contribution is -2.49. The highest BCUT2D eigenvalue weighted by atomic mass is 16.3. The zero-order valence-corrected chi connectivity index (χ0v) is 10.1. The zero-order valence-electron chi connectivity index (χ0n) is 10.1. The van der Waals surface area contributed by atoms with Gasteiger partial charge in [-0.2, -0.15) is 0 Å². The Kier molecular flexibility index (Phi) is 4.56. The van der Waals surface area contributed by atoms with Crippen LogP contribution in [0.3, 0.4) is 0 Å². The van der Waals surface area contributed by atoms with Gasteiger partial charge < -0.3 is 15.3 Å². The molecule has 1 fully saturated rings. The molecule has 0 radical (unpaired) electrons. The number of piperazine rings is 1. The maximum Gasteiger partial charge on any atom is 0.122 e. The molecule has 2 rings (SSSR count). The van der Waals surface area contributed by atoms with E-state index in [2.05, 4.69) is 9.80 Å². The van der Waals surface area contributed by atoms with Gasteiger partial charge in [0.25, 0.3) is 0 Å². The monoisotopic (exact) mass is 239 g/mol. The molecule has 96 valence electrons. The van der Waals surface area contributed by atoms with Crippen LogP contribution in [0.4, 0.5) is 0 Å². The Morgan fingerprint density at radius 3 is 2.65 bits per heavy atom. The maximum atomic E-state index is 8.90. The lowest BCUT2D eigenvalue weighted by molar-refractivity contribution is 0.0784. The number of furan rings is 1. The van der Waals surface area contributed by atoms with Crippen molar-refractivity contribution in [3.63, 3.8) is 0 Å². The minimum atomic E-state index is 0.182. The summed E-state index contributed by atoms with van der Waals surface area (Å²) >= 11 is 0. The molecule has 1 aromatic rings. The van der Waals surface area contributed by atoms with Gasteiger partial charge in [0.15, 0.2) is 0 Å². The molecule has 0 aromatic carbocycles. The van der Waals surface area contributed by atoms with Gasteiger partial charge in [0.1, 0.15) is 5.76 Å². The van der Waals surface area contributed by atoms with Crippen LogP contribution in [0, 0.1) is 0 Å². The number of aliphatic hydroxyl groups is 1. The fourth-order valence-corrected chi connectivity index (χ4v) is 2.37. The van der Waals surface area contributed by atoms with E-state index in [9.17, 15) is 0 Å². The van der Waals surface area contributed by atoms with Crippen LogP contribution in [0.2, 0.25) is 0 Å². The normalized spacial score (nSPS) is 20.6. The molecule has 0 spiro atoms. The van der Waals surface area contributed by atoms with Gasteiger partial charge in [-0.25, -0.2) is 0 Å². The van der Waals surface area contributed by atoms with E-state index in [1.54, 1.807) is 6.26 Å². The SMILES string of the molecule is NCC(c1ccco1)N1CCN(CCO)CC1. The van der Waals surface area contributed by atoms with E-state index in [4.69, 9.17) is 15.3 Å². The van der Waals surface area contributed by atoms with Crippen LogP contribution >= 0.6 is 0 Å². The number of hydrogen-bond donors (Lipinski definition) is 2. The zero-order chi connectivity index (χ0) is 12.1. The average molecular weight is 239 g/mol.